The molecule has 9 heteroatoms. The van der Waals surface area contributed by atoms with Crippen LogP contribution in [0.4, 0.5) is 0 Å². The first kappa shape index (κ1) is 22.7. The number of nitrogens with zero attached hydrogens (tertiary/aromatic N) is 1. The molecule has 1 amide bonds. The number of aliphatic carboxylic acids is 1. The fraction of sp³-hybridized carbons (Fsp3) is 0.261. The number of aliphatic hydroxyl groups is 1. The Hall–Kier alpha value is -4.01. The molecule has 0 aromatic heterocycles. The number of ether oxygens (including phenoxy) is 3. The van der Waals surface area contributed by atoms with Crippen molar-refractivity contribution in [3.05, 3.63) is 59.2 Å². The van der Waals surface area contributed by atoms with Crippen molar-refractivity contribution >= 4 is 23.4 Å². The third-order valence-corrected chi connectivity index (χ3v) is 5.21. The lowest BCUT2D eigenvalue weighted by molar-refractivity contribution is -0.142. The van der Waals surface area contributed by atoms with Crippen LogP contribution < -0.4 is 14.2 Å². The average molecular weight is 441 g/mol. The smallest absolute Gasteiger partial charge is 0.305 e. The normalized spacial score (nSPS) is 17.3. The first-order chi connectivity index (χ1) is 15.3. The number of ketones is 1. The molecule has 1 aliphatic heterocycles. The molecule has 1 fully saturated rings. The molecule has 2 aromatic rings. The van der Waals surface area contributed by atoms with Gasteiger partial charge < -0.3 is 29.3 Å². The number of carbonyl (C=O) groups is 3. The van der Waals surface area contributed by atoms with Gasteiger partial charge in [-0.25, -0.2) is 0 Å². The quantitative estimate of drug-likeness (QED) is 0.364. The second-order valence-electron chi connectivity index (χ2n) is 6.97. The molecular weight excluding hydrogens is 418 g/mol. The molecule has 9 nitrogen and oxygen atoms in total. The van der Waals surface area contributed by atoms with Crippen LogP contribution in [0.1, 0.15) is 23.6 Å². The van der Waals surface area contributed by atoms with Crippen LogP contribution in [0, 0.1) is 0 Å². The number of aliphatic hydroxyl groups excluding tert-OH is 1. The summed E-state index contributed by atoms with van der Waals surface area (Å²) in [6.45, 7) is -0.223. The number of amides is 1. The number of benzene rings is 2. The monoisotopic (exact) mass is 441 g/mol. The van der Waals surface area contributed by atoms with Crippen molar-refractivity contribution in [2.45, 2.75) is 12.5 Å². The summed E-state index contributed by atoms with van der Waals surface area (Å²) < 4.78 is 15.8. The summed E-state index contributed by atoms with van der Waals surface area (Å²) in [5.41, 5.74) is 0.557. The molecule has 3 rings (SSSR count). The lowest BCUT2D eigenvalue weighted by Crippen LogP contribution is -2.32. The molecule has 0 saturated carbocycles. The maximum atomic E-state index is 13.0. The molecule has 0 radical (unpaired) electrons. The molecule has 0 unspecified atom stereocenters. The van der Waals surface area contributed by atoms with E-state index in [4.69, 9.17) is 19.3 Å². The Bertz CT molecular complexity index is 1070. The molecule has 0 spiro atoms. The average Bonchev–Trinajstić information content (AvgIpc) is 3.06. The molecule has 0 aliphatic carbocycles. The number of carbonyl (C=O) groups excluding carboxylic acids is 2. The van der Waals surface area contributed by atoms with Crippen LogP contribution in [0.2, 0.25) is 0 Å². The lowest BCUT2D eigenvalue weighted by atomic mass is 9.94. The second kappa shape index (κ2) is 9.42. The molecule has 0 bridgehead atoms. The lowest BCUT2D eigenvalue weighted by Gasteiger charge is -2.26. The standard InChI is InChI=1S/C23H23NO8/c1-30-14-6-4-13(5-7-14)21(27)19-20(16-9-8-15(31-2)12-17(16)32-3)24(11-10-18(25)26)23(29)22(19)28/h4-9,12,20,27H,10-11H2,1-3H3,(H,25,26)/t20-/m1/s1. The van der Waals surface area contributed by atoms with Gasteiger partial charge in [-0.3, -0.25) is 14.4 Å². The van der Waals surface area contributed by atoms with E-state index in [9.17, 15) is 19.5 Å². The molecule has 1 heterocycles. The number of hydrogen-bond donors (Lipinski definition) is 2. The van der Waals surface area contributed by atoms with Crippen molar-refractivity contribution in [1.82, 2.24) is 4.90 Å². The van der Waals surface area contributed by atoms with Gasteiger partial charge in [0, 0.05) is 23.7 Å². The van der Waals surface area contributed by atoms with Crippen molar-refractivity contribution in [2.75, 3.05) is 27.9 Å². The number of hydrogen-bond acceptors (Lipinski definition) is 7. The number of carboxylic acid groups (broad SMARTS) is 1. The number of carboxylic acids is 1. The van der Waals surface area contributed by atoms with Crippen LogP contribution in [-0.4, -0.2) is 60.6 Å². The number of Topliss-reactive ketones (excluding diaryl/α,β-unsaturated/α-hetero) is 1. The van der Waals surface area contributed by atoms with Gasteiger partial charge in [-0.1, -0.05) is 0 Å². The van der Waals surface area contributed by atoms with Gasteiger partial charge in [0.1, 0.15) is 23.0 Å². The molecule has 2 aromatic carbocycles. The highest BCUT2D eigenvalue weighted by Gasteiger charge is 2.47. The second-order valence-corrected chi connectivity index (χ2v) is 6.97. The van der Waals surface area contributed by atoms with Crippen molar-refractivity contribution in [3.63, 3.8) is 0 Å². The maximum absolute atomic E-state index is 13.0. The van der Waals surface area contributed by atoms with Gasteiger partial charge in [0.2, 0.25) is 0 Å². The fourth-order valence-electron chi connectivity index (χ4n) is 3.60. The first-order valence-corrected chi connectivity index (χ1v) is 9.69. The predicted octanol–water partition coefficient (Wildman–Crippen LogP) is 2.61. The number of rotatable bonds is 8. The van der Waals surface area contributed by atoms with E-state index in [-0.39, 0.29) is 24.3 Å². The molecule has 168 valence electrons. The molecular formula is C23H23NO8. The molecule has 2 N–H and O–H groups in total. The van der Waals surface area contributed by atoms with Crippen LogP contribution >= 0.6 is 0 Å². The summed E-state index contributed by atoms with van der Waals surface area (Å²) in [4.78, 5) is 38.1. The summed E-state index contributed by atoms with van der Waals surface area (Å²) in [5, 5.41) is 20.1. The summed E-state index contributed by atoms with van der Waals surface area (Å²) in [7, 11) is 4.40. The van der Waals surface area contributed by atoms with Gasteiger partial charge in [-0.05, 0) is 36.4 Å². The Morgan fingerprint density at radius 1 is 0.938 bits per heavy atom. The molecule has 32 heavy (non-hydrogen) atoms. The van der Waals surface area contributed by atoms with Gasteiger partial charge in [0.15, 0.2) is 0 Å². The number of likely N-dealkylation sites (tertiary alicyclic amines) is 1. The van der Waals surface area contributed by atoms with Crippen molar-refractivity contribution in [3.8, 4) is 17.2 Å². The Morgan fingerprint density at radius 3 is 2.12 bits per heavy atom. The first-order valence-electron chi connectivity index (χ1n) is 9.69. The van der Waals surface area contributed by atoms with E-state index >= 15 is 0 Å². The third kappa shape index (κ3) is 4.22. The van der Waals surface area contributed by atoms with Crippen LogP contribution in [0.5, 0.6) is 17.2 Å². The summed E-state index contributed by atoms with van der Waals surface area (Å²) in [6.07, 6.45) is -0.370. The number of methoxy groups -OCH3 is 3. The van der Waals surface area contributed by atoms with Crippen molar-refractivity contribution in [1.29, 1.82) is 0 Å². The van der Waals surface area contributed by atoms with Gasteiger partial charge in [-0.2, -0.15) is 0 Å². The van der Waals surface area contributed by atoms with E-state index in [0.29, 0.717) is 28.4 Å². The van der Waals surface area contributed by atoms with E-state index in [1.165, 1.54) is 21.3 Å². The molecule has 1 atom stereocenters. The van der Waals surface area contributed by atoms with E-state index < -0.39 is 23.7 Å². The maximum Gasteiger partial charge on any atom is 0.305 e. The highest BCUT2D eigenvalue weighted by Crippen LogP contribution is 2.43. The minimum Gasteiger partial charge on any atom is -0.507 e. The molecule has 1 aliphatic rings. The third-order valence-electron chi connectivity index (χ3n) is 5.21. The van der Waals surface area contributed by atoms with E-state index in [1.807, 2.05) is 0 Å². The zero-order valence-electron chi connectivity index (χ0n) is 17.8. The Morgan fingerprint density at radius 2 is 1.56 bits per heavy atom. The summed E-state index contributed by atoms with van der Waals surface area (Å²) >= 11 is 0. The van der Waals surface area contributed by atoms with Crippen LogP contribution in [0.25, 0.3) is 5.76 Å². The topological polar surface area (TPSA) is 123 Å². The highest BCUT2D eigenvalue weighted by molar-refractivity contribution is 6.46. The Balaban J connectivity index is 2.20. The van der Waals surface area contributed by atoms with Crippen LogP contribution in [0.15, 0.2) is 48.0 Å². The highest BCUT2D eigenvalue weighted by atomic mass is 16.5. The van der Waals surface area contributed by atoms with Crippen LogP contribution in [0.3, 0.4) is 0 Å². The van der Waals surface area contributed by atoms with Crippen LogP contribution in [-0.2, 0) is 14.4 Å². The SMILES string of the molecule is COc1ccc(C(O)=C2C(=O)C(=O)N(CCC(=O)O)[C@@H]2c2ccc(OC)cc2OC)cc1. The summed E-state index contributed by atoms with van der Waals surface area (Å²) in [6, 6.07) is 10.1. The zero-order chi connectivity index (χ0) is 23.4. The Kier molecular flexibility index (Phi) is 6.67. The van der Waals surface area contributed by atoms with Gasteiger partial charge >= 0.3 is 5.97 Å². The zero-order valence-corrected chi connectivity index (χ0v) is 17.8. The van der Waals surface area contributed by atoms with E-state index in [0.717, 1.165) is 4.90 Å². The molecule has 1 saturated heterocycles. The minimum absolute atomic E-state index is 0.158. The minimum atomic E-state index is -1.12. The van der Waals surface area contributed by atoms with Gasteiger partial charge in [-0.15, -0.1) is 0 Å². The van der Waals surface area contributed by atoms with Gasteiger partial charge in [0.05, 0.1) is 39.4 Å². The Labute approximate surface area is 184 Å². The summed E-state index contributed by atoms with van der Waals surface area (Å²) in [5.74, 6) is -1.96. The van der Waals surface area contributed by atoms with E-state index in [2.05, 4.69) is 0 Å². The predicted molar refractivity (Wildman–Crippen MR) is 114 cm³/mol. The van der Waals surface area contributed by atoms with E-state index in [1.54, 1.807) is 42.5 Å². The van der Waals surface area contributed by atoms with Crippen molar-refractivity contribution in [2.24, 2.45) is 0 Å². The fourth-order valence-corrected chi connectivity index (χ4v) is 3.60. The van der Waals surface area contributed by atoms with Crippen molar-refractivity contribution < 1.29 is 38.8 Å². The van der Waals surface area contributed by atoms with Gasteiger partial charge in [0.25, 0.3) is 11.7 Å². The largest absolute Gasteiger partial charge is 0.507 e.